The zero-order chi connectivity index (χ0) is 22.0. The number of sulfonamides is 1. The standard InChI is InChI=1S/C19H19ClN4O5S2/c1-28-13-6-4-12(5-7-13)11-16-22-23-19(29-16)21-18(25)14-3-2-10-24(14)31(26,27)17-9-8-15(20)30-17/h4-9,14H,2-3,10-11H2,1H3,(H,21,23,25). The van der Waals surface area contributed by atoms with Gasteiger partial charge in [0.2, 0.25) is 11.8 Å². The van der Waals surface area contributed by atoms with Crippen LogP contribution in [-0.2, 0) is 21.2 Å². The molecule has 0 bridgehead atoms. The highest BCUT2D eigenvalue weighted by Crippen LogP contribution is 2.32. The summed E-state index contributed by atoms with van der Waals surface area (Å²) in [5.74, 6) is 0.552. The van der Waals surface area contributed by atoms with Gasteiger partial charge in [-0.25, -0.2) is 8.42 Å². The normalized spacial score (nSPS) is 17.0. The monoisotopic (exact) mass is 482 g/mol. The predicted octanol–water partition coefficient (Wildman–Crippen LogP) is 3.18. The number of thiophene rings is 1. The summed E-state index contributed by atoms with van der Waals surface area (Å²) in [6.45, 7) is 0.252. The van der Waals surface area contributed by atoms with Crippen LogP contribution in [0.3, 0.4) is 0 Å². The van der Waals surface area contributed by atoms with E-state index in [0.29, 0.717) is 29.5 Å². The summed E-state index contributed by atoms with van der Waals surface area (Å²) in [5, 5.41) is 10.3. The van der Waals surface area contributed by atoms with Crippen LogP contribution in [0.5, 0.6) is 5.75 Å². The van der Waals surface area contributed by atoms with E-state index in [1.807, 2.05) is 24.3 Å². The number of carbonyl (C=O) groups is 1. The summed E-state index contributed by atoms with van der Waals surface area (Å²) in [6, 6.07) is 9.43. The van der Waals surface area contributed by atoms with Gasteiger partial charge in [-0.2, -0.15) is 4.31 Å². The molecular weight excluding hydrogens is 464 g/mol. The Morgan fingerprint density at radius 1 is 1.29 bits per heavy atom. The molecule has 1 N–H and O–H groups in total. The van der Waals surface area contributed by atoms with Gasteiger partial charge in [0.1, 0.15) is 16.0 Å². The van der Waals surface area contributed by atoms with Crippen LogP contribution in [0.4, 0.5) is 6.01 Å². The Balaban J connectivity index is 1.43. The van der Waals surface area contributed by atoms with Crippen LogP contribution in [0.15, 0.2) is 45.0 Å². The number of nitrogens with one attached hydrogen (secondary N) is 1. The lowest BCUT2D eigenvalue weighted by atomic mass is 10.1. The second kappa shape index (κ2) is 8.95. The van der Waals surface area contributed by atoms with Gasteiger partial charge in [0.25, 0.3) is 10.0 Å². The van der Waals surface area contributed by atoms with E-state index in [0.717, 1.165) is 22.6 Å². The van der Waals surface area contributed by atoms with E-state index in [1.165, 1.54) is 16.4 Å². The summed E-state index contributed by atoms with van der Waals surface area (Å²) < 4.78 is 38.1. The molecule has 1 atom stereocenters. The molecule has 1 aliphatic heterocycles. The average molecular weight is 483 g/mol. The highest BCUT2D eigenvalue weighted by molar-refractivity contribution is 7.91. The largest absolute Gasteiger partial charge is 0.497 e. The van der Waals surface area contributed by atoms with Crippen LogP contribution in [0.1, 0.15) is 24.3 Å². The van der Waals surface area contributed by atoms with Crippen molar-refractivity contribution >= 4 is 44.9 Å². The summed E-state index contributed by atoms with van der Waals surface area (Å²) in [5.41, 5.74) is 0.935. The highest BCUT2D eigenvalue weighted by Gasteiger charge is 2.40. The molecule has 1 saturated heterocycles. The zero-order valence-corrected chi connectivity index (χ0v) is 18.8. The van der Waals surface area contributed by atoms with Crippen LogP contribution < -0.4 is 10.1 Å². The zero-order valence-electron chi connectivity index (χ0n) is 16.4. The molecule has 3 aromatic rings. The molecule has 4 rings (SSSR count). The first kappa shape index (κ1) is 21.8. The number of ether oxygens (including phenoxy) is 1. The average Bonchev–Trinajstić information content (AvgIpc) is 3.50. The van der Waals surface area contributed by atoms with Crippen molar-refractivity contribution in [2.45, 2.75) is 29.5 Å². The minimum Gasteiger partial charge on any atom is -0.497 e. The second-order valence-corrected chi connectivity index (χ2v) is 10.7. The SMILES string of the molecule is COc1ccc(Cc2nnc(NC(=O)C3CCCN3S(=O)(=O)c3ccc(Cl)s3)o2)cc1. The van der Waals surface area contributed by atoms with Crippen molar-refractivity contribution in [2.75, 3.05) is 19.0 Å². The molecule has 1 fully saturated rings. The number of methoxy groups -OCH3 is 1. The molecule has 12 heteroatoms. The summed E-state index contributed by atoms with van der Waals surface area (Å²) in [7, 11) is -2.22. The fourth-order valence-electron chi connectivity index (χ4n) is 3.32. The van der Waals surface area contributed by atoms with Crippen molar-refractivity contribution < 1.29 is 22.4 Å². The third-order valence-corrected chi connectivity index (χ3v) is 8.44. The molecule has 0 saturated carbocycles. The van der Waals surface area contributed by atoms with Gasteiger partial charge in [-0.3, -0.25) is 10.1 Å². The van der Waals surface area contributed by atoms with E-state index in [1.54, 1.807) is 7.11 Å². The van der Waals surface area contributed by atoms with Crippen LogP contribution >= 0.6 is 22.9 Å². The van der Waals surface area contributed by atoms with Gasteiger partial charge in [0.05, 0.1) is 17.9 Å². The minimum absolute atomic E-state index is 0.0723. The van der Waals surface area contributed by atoms with E-state index >= 15 is 0 Å². The first-order valence-electron chi connectivity index (χ1n) is 9.40. The quantitative estimate of drug-likeness (QED) is 0.550. The maximum Gasteiger partial charge on any atom is 0.322 e. The lowest BCUT2D eigenvalue weighted by molar-refractivity contribution is -0.119. The maximum atomic E-state index is 12.9. The molecule has 0 spiro atoms. The first-order valence-corrected chi connectivity index (χ1v) is 12.0. The highest BCUT2D eigenvalue weighted by atomic mass is 35.5. The number of aromatic nitrogens is 2. The summed E-state index contributed by atoms with van der Waals surface area (Å²) in [4.78, 5) is 12.8. The van der Waals surface area contributed by atoms with Crippen LogP contribution in [0, 0.1) is 0 Å². The molecular formula is C19H19ClN4O5S2. The maximum absolute atomic E-state index is 12.9. The third-order valence-electron chi connectivity index (χ3n) is 4.83. The predicted molar refractivity (Wildman–Crippen MR) is 115 cm³/mol. The number of amides is 1. The summed E-state index contributed by atoms with van der Waals surface area (Å²) >= 11 is 6.84. The van der Waals surface area contributed by atoms with Gasteiger partial charge in [-0.05, 0) is 42.7 Å². The molecule has 0 aliphatic carbocycles. The van der Waals surface area contributed by atoms with Crippen LogP contribution in [0.25, 0.3) is 0 Å². The van der Waals surface area contributed by atoms with Gasteiger partial charge < -0.3 is 9.15 Å². The number of hydrogen-bond acceptors (Lipinski definition) is 8. The van der Waals surface area contributed by atoms with E-state index in [4.69, 9.17) is 20.8 Å². The Labute approximate surface area is 188 Å². The van der Waals surface area contributed by atoms with Crippen molar-refractivity contribution in [3.05, 3.63) is 52.2 Å². The number of anilines is 1. The number of benzene rings is 1. The molecule has 1 aliphatic rings. The van der Waals surface area contributed by atoms with Crippen molar-refractivity contribution in [1.82, 2.24) is 14.5 Å². The molecule has 9 nitrogen and oxygen atoms in total. The van der Waals surface area contributed by atoms with Crippen molar-refractivity contribution in [1.29, 1.82) is 0 Å². The van der Waals surface area contributed by atoms with E-state index in [9.17, 15) is 13.2 Å². The Bertz CT molecular complexity index is 1180. The Kier molecular flexibility index (Phi) is 6.28. The van der Waals surface area contributed by atoms with Gasteiger partial charge >= 0.3 is 6.01 Å². The van der Waals surface area contributed by atoms with Crippen LogP contribution in [-0.4, -0.2) is 48.5 Å². The molecule has 164 valence electrons. The lowest BCUT2D eigenvalue weighted by Gasteiger charge is -2.21. The minimum atomic E-state index is -3.82. The Hall–Kier alpha value is -2.47. The van der Waals surface area contributed by atoms with Gasteiger partial charge in [-0.15, -0.1) is 16.4 Å². The lowest BCUT2D eigenvalue weighted by Crippen LogP contribution is -2.42. The van der Waals surface area contributed by atoms with E-state index < -0.39 is 22.0 Å². The molecule has 1 unspecified atom stereocenters. The van der Waals surface area contributed by atoms with E-state index in [-0.39, 0.29) is 16.8 Å². The van der Waals surface area contributed by atoms with E-state index in [2.05, 4.69) is 15.5 Å². The number of rotatable bonds is 7. The molecule has 3 heterocycles. The number of hydrogen-bond donors (Lipinski definition) is 1. The first-order chi connectivity index (χ1) is 14.9. The number of nitrogens with zero attached hydrogens (tertiary/aromatic N) is 3. The third kappa shape index (κ3) is 4.74. The van der Waals surface area contributed by atoms with Gasteiger partial charge in [0, 0.05) is 6.54 Å². The topological polar surface area (TPSA) is 115 Å². The molecule has 2 aromatic heterocycles. The Morgan fingerprint density at radius 3 is 2.74 bits per heavy atom. The molecule has 1 amide bonds. The smallest absolute Gasteiger partial charge is 0.322 e. The van der Waals surface area contributed by atoms with Gasteiger partial charge in [0.15, 0.2) is 0 Å². The van der Waals surface area contributed by atoms with Crippen LogP contribution in [0.2, 0.25) is 4.34 Å². The fourth-order valence-corrected chi connectivity index (χ4v) is 6.59. The molecule has 31 heavy (non-hydrogen) atoms. The van der Waals surface area contributed by atoms with Crippen molar-refractivity contribution in [3.8, 4) is 5.75 Å². The van der Waals surface area contributed by atoms with Crippen molar-refractivity contribution in [2.24, 2.45) is 0 Å². The van der Waals surface area contributed by atoms with Crippen molar-refractivity contribution in [3.63, 3.8) is 0 Å². The van der Waals surface area contributed by atoms with Gasteiger partial charge in [-0.1, -0.05) is 28.8 Å². The molecule has 1 aromatic carbocycles. The number of carbonyl (C=O) groups excluding carboxylic acids is 1. The second-order valence-electron chi connectivity index (χ2n) is 6.85. The summed E-state index contributed by atoms with van der Waals surface area (Å²) in [6.07, 6.45) is 1.36. The number of halogens is 1. The fraction of sp³-hybridized carbons (Fsp3) is 0.316. The molecule has 0 radical (unpaired) electrons. The Morgan fingerprint density at radius 2 is 2.06 bits per heavy atom.